The third kappa shape index (κ3) is 4.16. The van der Waals surface area contributed by atoms with Gasteiger partial charge in [-0.15, -0.1) is 0 Å². The minimum atomic E-state index is -1.12. The fourth-order valence-corrected chi connectivity index (χ4v) is 3.51. The largest absolute Gasteiger partial charge is 0.462 e. The Morgan fingerprint density at radius 1 is 0.966 bits per heavy atom. The first-order valence-corrected chi connectivity index (χ1v) is 9.75. The van der Waals surface area contributed by atoms with Gasteiger partial charge in [0.15, 0.2) is 0 Å². The zero-order chi connectivity index (χ0) is 21.2. The molecule has 3 rings (SSSR count). The van der Waals surface area contributed by atoms with E-state index in [9.17, 15) is 14.4 Å². The molecule has 6 nitrogen and oxygen atoms in total. The maximum atomic E-state index is 13.0. The Bertz CT molecular complexity index is 954. The minimum Gasteiger partial charge on any atom is -0.462 e. The van der Waals surface area contributed by atoms with E-state index in [1.807, 2.05) is 32.9 Å². The molecule has 0 aromatic heterocycles. The molecule has 0 radical (unpaired) electrons. The number of nitrogens with one attached hydrogen (secondary N) is 2. The molecule has 6 heteroatoms. The Morgan fingerprint density at radius 3 is 2.14 bits per heavy atom. The molecule has 0 spiro atoms. The summed E-state index contributed by atoms with van der Waals surface area (Å²) in [7, 11) is 0. The fraction of sp³-hybridized carbons (Fsp3) is 0.348. The van der Waals surface area contributed by atoms with Crippen molar-refractivity contribution in [3.05, 3.63) is 58.7 Å². The van der Waals surface area contributed by atoms with Crippen LogP contribution in [0.4, 0.5) is 11.4 Å². The van der Waals surface area contributed by atoms with E-state index in [0.29, 0.717) is 18.5 Å². The van der Waals surface area contributed by atoms with Crippen LogP contribution in [-0.4, -0.2) is 24.4 Å². The van der Waals surface area contributed by atoms with Gasteiger partial charge in [0.05, 0.1) is 17.9 Å². The second-order valence-electron chi connectivity index (χ2n) is 7.53. The Morgan fingerprint density at radius 2 is 1.55 bits per heavy atom. The number of rotatable bonds is 6. The molecule has 2 amide bonds. The van der Waals surface area contributed by atoms with E-state index in [0.717, 1.165) is 22.4 Å². The minimum absolute atomic E-state index is 0.239. The lowest BCUT2D eigenvalue weighted by atomic mass is 10.0. The number of anilines is 2. The summed E-state index contributed by atoms with van der Waals surface area (Å²) in [6.07, 6.45) is 0.937. The molecule has 1 saturated carbocycles. The third-order valence-corrected chi connectivity index (χ3v) is 5.21. The van der Waals surface area contributed by atoms with Crippen LogP contribution in [0.15, 0.2) is 36.4 Å². The first-order valence-electron chi connectivity index (χ1n) is 9.75. The van der Waals surface area contributed by atoms with Gasteiger partial charge in [-0.05, 0) is 63.8 Å². The summed E-state index contributed by atoms with van der Waals surface area (Å²) in [5.41, 5.74) is 3.27. The summed E-state index contributed by atoms with van der Waals surface area (Å²) in [6.45, 7) is 7.83. The molecule has 0 heterocycles. The Kier molecular flexibility index (Phi) is 5.73. The molecular weight excluding hydrogens is 368 g/mol. The molecule has 0 saturated heterocycles. The Balaban J connectivity index is 1.79. The van der Waals surface area contributed by atoms with Crippen LogP contribution in [-0.2, 0) is 14.3 Å². The number of hydrogen-bond donors (Lipinski definition) is 2. The van der Waals surface area contributed by atoms with Gasteiger partial charge in [0.25, 0.3) is 0 Å². The first kappa shape index (κ1) is 20.6. The molecule has 0 unspecified atom stereocenters. The zero-order valence-electron chi connectivity index (χ0n) is 17.2. The van der Waals surface area contributed by atoms with Gasteiger partial charge in [0.1, 0.15) is 5.41 Å². The van der Waals surface area contributed by atoms with Crippen molar-refractivity contribution in [1.82, 2.24) is 0 Å². The topological polar surface area (TPSA) is 84.5 Å². The number of carbonyl (C=O) groups is 3. The van der Waals surface area contributed by atoms with Crippen LogP contribution < -0.4 is 10.6 Å². The quantitative estimate of drug-likeness (QED) is 0.569. The second-order valence-corrected chi connectivity index (χ2v) is 7.53. The molecule has 1 aliphatic rings. The van der Waals surface area contributed by atoms with Crippen molar-refractivity contribution in [1.29, 1.82) is 0 Å². The Hall–Kier alpha value is -3.15. The molecule has 152 valence electrons. The number of ether oxygens (including phenoxy) is 1. The molecule has 0 bridgehead atoms. The second kappa shape index (κ2) is 8.07. The van der Waals surface area contributed by atoms with Crippen molar-refractivity contribution in [2.75, 3.05) is 17.2 Å². The normalized spacial score (nSPS) is 14.1. The van der Waals surface area contributed by atoms with E-state index in [-0.39, 0.29) is 18.1 Å². The van der Waals surface area contributed by atoms with Gasteiger partial charge in [-0.2, -0.15) is 0 Å². The smallest absolute Gasteiger partial charge is 0.340 e. The monoisotopic (exact) mass is 394 g/mol. The van der Waals surface area contributed by atoms with E-state index in [2.05, 4.69) is 10.6 Å². The average molecular weight is 394 g/mol. The summed E-state index contributed by atoms with van der Waals surface area (Å²) in [6, 6.07) is 10.6. The summed E-state index contributed by atoms with van der Waals surface area (Å²) in [5.74, 6) is -1.24. The van der Waals surface area contributed by atoms with Gasteiger partial charge in [-0.3, -0.25) is 9.59 Å². The lowest BCUT2D eigenvalue weighted by molar-refractivity contribution is -0.131. The van der Waals surface area contributed by atoms with Crippen LogP contribution >= 0.6 is 0 Å². The van der Waals surface area contributed by atoms with E-state index in [1.54, 1.807) is 31.2 Å². The van der Waals surface area contributed by atoms with Gasteiger partial charge < -0.3 is 15.4 Å². The lowest BCUT2D eigenvalue weighted by Crippen LogP contribution is -2.36. The molecule has 0 aliphatic heterocycles. The van der Waals surface area contributed by atoms with Crippen LogP contribution in [0, 0.1) is 26.2 Å². The van der Waals surface area contributed by atoms with Crippen molar-refractivity contribution in [3.63, 3.8) is 0 Å². The highest BCUT2D eigenvalue weighted by atomic mass is 16.5. The number of benzene rings is 2. The van der Waals surface area contributed by atoms with Crippen molar-refractivity contribution in [2.24, 2.45) is 5.41 Å². The molecule has 1 fully saturated rings. The molecular formula is C23H26N2O4. The van der Waals surface area contributed by atoms with Crippen molar-refractivity contribution < 1.29 is 19.1 Å². The summed E-state index contributed by atoms with van der Waals surface area (Å²) in [5, 5.41) is 5.70. The summed E-state index contributed by atoms with van der Waals surface area (Å²) >= 11 is 0. The number of aryl methyl sites for hydroxylation is 3. The van der Waals surface area contributed by atoms with E-state index >= 15 is 0 Å². The standard InChI is InChI=1S/C23H26N2O4/c1-5-29-20(26)17-8-6-7-9-18(17)24-21(27)23(10-11-23)22(28)25-19-15(3)12-14(2)13-16(19)4/h6-9,12-13H,5,10-11H2,1-4H3,(H,24,27)(H,25,28). The highest BCUT2D eigenvalue weighted by molar-refractivity contribution is 6.18. The maximum absolute atomic E-state index is 13.0. The number of hydrogen-bond acceptors (Lipinski definition) is 4. The first-order chi connectivity index (χ1) is 13.8. The van der Waals surface area contributed by atoms with Crippen LogP contribution in [0.3, 0.4) is 0 Å². The number of para-hydroxylation sites is 1. The highest BCUT2D eigenvalue weighted by Crippen LogP contribution is 2.48. The third-order valence-electron chi connectivity index (χ3n) is 5.21. The van der Waals surface area contributed by atoms with Crippen LogP contribution in [0.2, 0.25) is 0 Å². The van der Waals surface area contributed by atoms with Crippen molar-refractivity contribution >= 4 is 29.2 Å². The van der Waals surface area contributed by atoms with Gasteiger partial charge >= 0.3 is 5.97 Å². The molecule has 1 aliphatic carbocycles. The number of carbonyl (C=O) groups excluding carboxylic acids is 3. The van der Waals surface area contributed by atoms with Crippen LogP contribution in [0.25, 0.3) is 0 Å². The van der Waals surface area contributed by atoms with Gasteiger partial charge in [0, 0.05) is 5.69 Å². The summed E-state index contributed by atoms with van der Waals surface area (Å²) in [4.78, 5) is 38.1. The predicted molar refractivity (Wildman–Crippen MR) is 112 cm³/mol. The van der Waals surface area contributed by atoms with E-state index < -0.39 is 17.3 Å². The lowest BCUT2D eigenvalue weighted by Gasteiger charge is -2.19. The predicted octanol–water partition coefficient (Wildman–Crippen LogP) is 4.15. The Labute approximate surface area is 170 Å². The van der Waals surface area contributed by atoms with Gasteiger partial charge in [-0.25, -0.2) is 4.79 Å². The highest BCUT2D eigenvalue weighted by Gasteiger charge is 2.56. The van der Waals surface area contributed by atoms with Crippen molar-refractivity contribution in [2.45, 2.75) is 40.5 Å². The molecule has 0 atom stereocenters. The van der Waals surface area contributed by atoms with E-state index in [4.69, 9.17) is 4.74 Å². The maximum Gasteiger partial charge on any atom is 0.340 e. The van der Waals surface area contributed by atoms with Crippen molar-refractivity contribution in [3.8, 4) is 0 Å². The molecule has 29 heavy (non-hydrogen) atoms. The van der Waals surface area contributed by atoms with Crippen LogP contribution in [0.1, 0.15) is 46.8 Å². The zero-order valence-corrected chi connectivity index (χ0v) is 17.2. The fourth-order valence-electron chi connectivity index (χ4n) is 3.51. The number of amides is 2. The summed E-state index contributed by atoms with van der Waals surface area (Å²) < 4.78 is 5.04. The number of esters is 1. The SMILES string of the molecule is CCOC(=O)c1ccccc1NC(=O)C1(C(=O)Nc2c(C)cc(C)cc2C)CC1. The van der Waals surface area contributed by atoms with Gasteiger partial charge in [0.2, 0.25) is 11.8 Å². The average Bonchev–Trinajstić information content (AvgIpc) is 3.47. The molecule has 2 aromatic rings. The van der Waals surface area contributed by atoms with Crippen LogP contribution in [0.5, 0.6) is 0 Å². The van der Waals surface area contributed by atoms with Gasteiger partial charge in [-0.1, -0.05) is 29.8 Å². The molecule has 2 N–H and O–H groups in total. The van der Waals surface area contributed by atoms with E-state index in [1.165, 1.54) is 0 Å². The molecule has 2 aromatic carbocycles.